The zero-order valence-electron chi connectivity index (χ0n) is 7.60. The van der Waals surface area contributed by atoms with Gasteiger partial charge in [0.15, 0.2) is 6.54 Å². The Morgan fingerprint density at radius 1 is 1.54 bits per heavy atom. The lowest BCUT2D eigenvalue weighted by Gasteiger charge is -2.07. The highest BCUT2D eigenvalue weighted by Gasteiger charge is 2.30. The fourth-order valence-electron chi connectivity index (χ4n) is 0.597. The van der Waals surface area contributed by atoms with Crippen molar-refractivity contribution in [2.45, 2.75) is 20.3 Å². The molecule has 0 aromatic carbocycles. The molecule has 0 saturated heterocycles. The Labute approximate surface area is 88.3 Å². The Balaban J connectivity index is 4.40. The van der Waals surface area contributed by atoms with Gasteiger partial charge in [0.25, 0.3) is 5.16 Å². The Kier molecular flexibility index (Phi) is 6.91. The van der Waals surface area contributed by atoms with Crippen LogP contribution in [0, 0.1) is 0 Å². The van der Waals surface area contributed by atoms with Gasteiger partial charge in [-0.05, 0) is 6.92 Å². The molecule has 0 heterocycles. The van der Waals surface area contributed by atoms with Gasteiger partial charge in [0.2, 0.25) is 0 Å². The molecule has 0 aliphatic heterocycles. The summed E-state index contributed by atoms with van der Waals surface area (Å²) < 4.78 is 5.96. The first-order chi connectivity index (χ1) is 6.08. The van der Waals surface area contributed by atoms with Crippen LogP contribution < -0.4 is 0 Å². The van der Waals surface area contributed by atoms with Gasteiger partial charge in [-0.2, -0.15) is 0 Å². The van der Waals surface area contributed by atoms with Crippen molar-refractivity contribution >= 4 is 35.8 Å². The predicted octanol–water partition coefficient (Wildman–Crippen LogP) is 1.70. The average Bonchev–Trinajstić information content (AvgIpc) is 2.10. The van der Waals surface area contributed by atoms with Crippen LogP contribution in [-0.2, 0) is 21.4 Å². The molecular formula is C6H13NO3PS2+. The van der Waals surface area contributed by atoms with Gasteiger partial charge in [0.05, 0.1) is 6.61 Å². The summed E-state index contributed by atoms with van der Waals surface area (Å²) in [5.74, 6) is 0. The summed E-state index contributed by atoms with van der Waals surface area (Å²) in [6, 6.07) is 0. The maximum atomic E-state index is 9.61. The molecule has 0 rings (SSSR count). The fourth-order valence-corrected chi connectivity index (χ4v) is 2.55. The van der Waals surface area contributed by atoms with E-state index >= 15 is 0 Å². The van der Waals surface area contributed by atoms with Crippen LogP contribution >= 0.6 is 18.9 Å². The van der Waals surface area contributed by atoms with E-state index in [1.807, 2.05) is 6.92 Å². The van der Waals surface area contributed by atoms with Gasteiger partial charge in [-0.1, -0.05) is 6.92 Å². The summed E-state index contributed by atoms with van der Waals surface area (Å²) in [5, 5.41) is 2.36. The fraction of sp³-hybridized carbons (Fsp3) is 0.833. The molecule has 1 atom stereocenters. The molecule has 0 aromatic rings. The molecule has 7 heteroatoms. The third-order valence-corrected chi connectivity index (χ3v) is 3.45. The van der Waals surface area contributed by atoms with Crippen molar-refractivity contribution in [3.8, 4) is 0 Å². The lowest BCUT2D eigenvalue weighted by Crippen LogP contribution is -2.10. The van der Waals surface area contributed by atoms with Crippen molar-refractivity contribution in [2.24, 2.45) is 0 Å². The van der Waals surface area contributed by atoms with Crippen molar-refractivity contribution in [3.05, 3.63) is 0 Å². The molecular weight excluding hydrogens is 229 g/mol. The summed E-state index contributed by atoms with van der Waals surface area (Å²) in [6.45, 7) is 1.42. The standard InChI is InChI=1S/C6H12NO3PS2/c1-3-5-7(6-12)11(8,13)10-9-4-2/h3-5H2,1-2H3/p+1. The van der Waals surface area contributed by atoms with E-state index in [0.717, 1.165) is 6.42 Å². The van der Waals surface area contributed by atoms with Gasteiger partial charge in [0.1, 0.15) is 0 Å². The van der Waals surface area contributed by atoms with Gasteiger partial charge in [-0.3, -0.25) is 4.89 Å². The third kappa shape index (κ3) is 4.93. The Morgan fingerprint density at radius 3 is 2.54 bits per heavy atom. The second kappa shape index (κ2) is 6.74. The van der Waals surface area contributed by atoms with E-state index in [1.165, 1.54) is 4.35 Å². The molecule has 76 valence electrons. The lowest BCUT2D eigenvalue weighted by atomic mass is 10.5. The molecule has 0 amide bonds. The normalized spacial score (nSPS) is 14.7. The van der Waals surface area contributed by atoms with E-state index in [-0.39, 0.29) is 0 Å². The Morgan fingerprint density at radius 2 is 2.15 bits per heavy atom. The van der Waals surface area contributed by atoms with E-state index in [1.54, 1.807) is 6.92 Å². The third-order valence-electron chi connectivity index (χ3n) is 1.11. The number of isothiocyanates is 1. The highest BCUT2D eigenvalue weighted by atomic mass is 32.5. The van der Waals surface area contributed by atoms with Gasteiger partial charge < -0.3 is 0 Å². The Hall–Kier alpha value is 0.330. The zero-order valence-corrected chi connectivity index (χ0v) is 10.1. The molecule has 0 aliphatic carbocycles. The van der Waals surface area contributed by atoms with Crippen molar-refractivity contribution in [1.29, 1.82) is 0 Å². The first kappa shape index (κ1) is 13.3. The van der Waals surface area contributed by atoms with Crippen molar-refractivity contribution in [1.82, 2.24) is 0 Å². The maximum Gasteiger partial charge on any atom is 0.493 e. The van der Waals surface area contributed by atoms with Crippen LogP contribution in [0.2, 0.25) is 0 Å². The minimum Gasteiger partial charge on any atom is -0.292 e. The van der Waals surface area contributed by atoms with Gasteiger partial charge in [-0.25, -0.2) is 4.89 Å². The number of hydrogen-bond donors (Lipinski definition) is 1. The summed E-state index contributed by atoms with van der Waals surface area (Å²) in [4.78, 5) is 14.2. The number of thiocarbonyl (C=S) groups is 1. The number of hydrogen-bond acceptors (Lipinski definition) is 4. The molecule has 1 N–H and O–H groups in total. The minimum atomic E-state index is -3.11. The molecule has 0 bridgehead atoms. The van der Waals surface area contributed by atoms with Crippen molar-refractivity contribution in [2.75, 3.05) is 13.2 Å². The van der Waals surface area contributed by atoms with Gasteiger partial charge >= 0.3 is 6.64 Å². The van der Waals surface area contributed by atoms with E-state index < -0.39 is 6.64 Å². The van der Waals surface area contributed by atoms with Crippen LogP contribution in [0.5, 0.6) is 0 Å². The summed E-state index contributed by atoms with van der Waals surface area (Å²) in [5.41, 5.74) is 0. The van der Waals surface area contributed by atoms with Gasteiger partial charge in [-0.15, -0.1) is 9.02 Å². The van der Waals surface area contributed by atoms with Crippen molar-refractivity contribution in [3.63, 3.8) is 0 Å². The molecule has 0 spiro atoms. The summed E-state index contributed by atoms with van der Waals surface area (Å²) >= 11 is 9.39. The van der Waals surface area contributed by atoms with Crippen LogP contribution in [0.15, 0.2) is 0 Å². The second-order valence-electron chi connectivity index (χ2n) is 2.19. The highest BCUT2D eigenvalue weighted by molar-refractivity contribution is 8.06. The minimum absolute atomic E-state index is 0.330. The molecule has 4 nitrogen and oxygen atoms in total. The number of rotatable bonds is 6. The smallest absolute Gasteiger partial charge is 0.292 e. The van der Waals surface area contributed by atoms with E-state index in [0.29, 0.717) is 13.2 Å². The lowest BCUT2D eigenvalue weighted by molar-refractivity contribution is -0.403. The first-order valence-corrected chi connectivity index (χ1v) is 6.91. The van der Waals surface area contributed by atoms with Crippen LogP contribution in [0.3, 0.4) is 0 Å². The molecule has 13 heavy (non-hydrogen) atoms. The molecule has 0 saturated carbocycles. The van der Waals surface area contributed by atoms with Crippen LogP contribution in [0.4, 0.5) is 0 Å². The summed E-state index contributed by atoms with van der Waals surface area (Å²) in [7, 11) is 0. The van der Waals surface area contributed by atoms with Crippen LogP contribution in [-0.4, -0.2) is 27.6 Å². The quantitative estimate of drug-likeness (QED) is 0.252. The van der Waals surface area contributed by atoms with E-state index in [9.17, 15) is 4.89 Å². The molecule has 1 unspecified atom stereocenters. The maximum absolute atomic E-state index is 9.61. The second-order valence-corrected chi connectivity index (χ2v) is 5.41. The van der Waals surface area contributed by atoms with Crippen molar-refractivity contribution < 1.29 is 18.8 Å². The van der Waals surface area contributed by atoms with E-state index in [2.05, 4.69) is 26.9 Å². The first-order valence-electron chi connectivity index (χ1n) is 3.88. The SMILES string of the molecule is CCC[N+](=C=S)P(O)(=S)OOCC. The molecule has 0 fully saturated rings. The summed E-state index contributed by atoms with van der Waals surface area (Å²) in [6.07, 6.45) is 0.804. The zero-order chi connectivity index (χ0) is 10.3. The number of nitrogens with zero attached hydrogens (tertiary/aromatic N) is 1. The molecule has 0 aromatic heterocycles. The van der Waals surface area contributed by atoms with Crippen LogP contribution in [0.1, 0.15) is 20.3 Å². The van der Waals surface area contributed by atoms with Crippen LogP contribution in [0.25, 0.3) is 0 Å². The average molecular weight is 242 g/mol. The molecule has 0 aliphatic rings. The molecule has 0 radical (unpaired) electrons. The largest absolute Gasteiger partial charge is 0.493 e. The van der Waals surface area contributed by atoms with E-state index in [4.69, 9.17) is 11.8 Å². The monoisotopic (exact) mass is 242 g/mol. The topological polar surface area (TPSA) is 41.7 Å². The highest BCUT2D eigenvalue weighted by Crippen LogP contribution is 2.42. The van der Waals surface area contributed by atoms with Gasteiger partial charge in [0, 0.05) is 30.4 Å². The predicted molar refractivity (Wildman–Crippen MR) is 57.2 cm³/mol. The Bertz CT molecular complexity index is 252.